The highest BCUT2D eigenvalue weighted by molar-refractivity contribution is 14.0. The van der Waals surface area contributed by atoms with Crippen molar-refractivity contribution in [2.24, 2.45) is 4.99 Å². The minimum Gasteiger partial charge on any atom is -0.361 e. The van der Waals surface area contributed by atoms with Crippen LogP contribution in [0.25, 0.3) is 10.9 Å². The first-order valence-corrected chi connectivity index (χ1v) is 8.73. The van der Waals surface area contributed by atoms with Crippen molar-refractivity contribution in [1.82, 2.24) is 15.6 Å². The molecule has 4 nitrogen and oxygen atoms in total. The second-order valence-electron chi connectivity index (χ2n) is 4.88. The number of benzene rings is 1. The molecule has 22 heavy (non-hydrogen) atoms. The number of hydrogen-bond acceptors (Lipinski definition) is 2. The van der Waals surface area contributed by atoms with Gasteiger partial charge in [-0.15, -0.1) is 24.0 Å². The standard InChI is InChI=1S/C16H24N4S.HI/c1-17-16(19-10-11-21-2)18-9-5-6-13-12-20-15-8-4-3-7-14(13)15;/h3-4,7-8,12,20H,5-6,9-11H2,1-2H3,(H2,17,18,19);1H. The van der Waals surface area contributed by atoms with Crippen molar-refractivity contribution in [3.8, 4) is 0 Å². The summed E-state index contributed by atoms with van der Waals surface area (Å²) in [5.74, 6) is 1.98. The highest BCUT2D eigenvalue weighted by Crippen LogP contribution is 2.18. The minimum absolute atomic E-state index is 0. The number of thioether (sulfide) groups is 1. The summed E-state index contributed by atoms with van der Waals surface area (Å²) in [5.41, 5.74) is 2.60. The van der Waals surface area contributed by atoms with Gasteiger partial charge in [-0.3, -0.25) is 4.99 Å². The number of hydrogen-bond donors (Lipinski definition) is 3. The number of guanidine groups is 1. The monoisotopic (exact) mass is 432 g/mol. The number of aryl methyl sites for hydroxylation is 1. The van der Waals surface area contributed by atoms with Gasteiger partial charge in [-0.25, -0.2) is 0 Å². The lowest BCUT2D eigenvalue weighted by atomic mass is 10.1. The molecule has 0 aliphatic carbocycles. The van der Waals surface area contributed by atoms with Gasteiger partial charge in [0.1, 0.15) is 0 Å². The Morgan fingerprint density at radius 2 is 2.00 bits per heavy atom. The summed E-state index contributed by atoms with van der Waals surface area (Å²) in [6.07, 6.45) is 6.39. The lowest BCUT2D eigenvalue weighted by Gasteiger charge is -2.11. The number of nitrogens with one attached hydrogen (secondary N) is 3. The van der Waals surface area contributed by atoms with Gasteiger partial charge in [0.15, 0.2) is 5.96 Å². The first-order valence-electron chi connectivity index (χ1n) is 7.33. The van der Waals surface area contributed by atoms with Crippen molar-refractivity contribution >= 4 is 52.6 Å². The van der Waals surface area contributed by atoms with Crippen LogP contribution >= 0.6 is 35.7 Å². The third-order valence-electron chi connectivity index (χ3n) is 3.41. The van der Waals surface area contributed by atoms with E-state index in [9.17, 15) is 0 Å². The van der Waals surface area contributed by atoms with Crippen molar-refractivity contribution in [1.29, 1.82) is 0 Å². The van der Waals surface area contributed by atoms with Crippen molar-refractivity contribution in [2.45, 2.75) is 12.8 Å². The molecule has 6 heteroatoms. The Balaban J connectivity index is 0.00000242. The quantitative estimate of drug-likeness (QED) is 0.273. The van der Waals surface area contributed by atoms with E-state index >= 15 is 0 Å². The van der Waals surface area contributed by atoms with Crippen LogP contribution < -0.4 is 10.6 Å². The number of aromatic nitrogens is 1. The predicted octanol–water partition coefficient (Wildman–Crippen LogP) is 3.25. The summed E-state index contributed by atoms with van der Waals surface area (Å²) >= 11 is 1.83. The number of aromatic amines is 1. The first kappa shape index (κ1) is 19.2. The second kappa shape index (κ2) is 10.8. The van der Waals surface area contributed by atoms with Crippen LogP contribution in [0.1, 0.15) is 12.0 Å². The van der Waals surface area contributed by atoms with E-state index in [1.165, 1.54) is 16.5 Å². The fourth-order valence-electron chi connectivity index (χ4n) is 2.32. The molecule has 0 aliphatic heterocycles. The van der Waals surface area contributed by atoms with Crippen LogP contribution in [0, 0.1) is 0 Å². The smallest absolute Gasteiger partial charge is 0.191 e. The molecule has 2 aromatic rings. The van der Waals surface area contributed by atoms with E-state index in [-0.39, 0.29) is 24.0 Å². The molecule has 0 saturated heterocycles. The average molecular weight is 432 g/mol. The van der Waals surface area contributed by atoms with Gasteiger partial charge >= 0.3 is 0 Å². The Bertz CT molecular complexity index is 582. The summed E-state index contributed by atoms with van der Waals surface area (Å²) in [5, 5.41) is 8.00. The van der Waals surface area contributed by atoms with Crippen LogP contribution in [0.2, 0.25) is 0 Å². The molecular weight excluding hydrogens is 407 g/mol. The zero-order valence-electron chi connectivity index (χ0n) is 13.2. The summed E-state index contributed by atoms with van der Waals surface area (Å²) in [4.78, 5) is 7.55. The molecule has 0 saturated carbocycles. The Kier molecular flexibility index (Phi) is 9.38. The molecule has 2 rings (SSSR count). The van der Waals surface area contributed by atoms with E-state index in [1.807, 2.05) is 18.8 Å². The Labute approximate surface area is 154 Å². The van der Waals surface area contributed by atoms with E-state index < -0.39 is 0 Å². The highest BCUT2D eigenvalue weighted by Gasteiger charge is 2.02. The molecule has 0 amide bonds. The third kappa shape index (κ3) is 5.72. The number of H-pyrrole nitrogens is 1. The molecule has 0 radical (unpaired) electrons. The number of nitrogens with zero attached hydrogens (tertiary/aromatic N) is 1. The lowest BCUT2D eigenvalue weighted by Crippen LogP contribution is -2.38. The number of fused-ring (bicyclic) bond motifs is 1. The molecule has 1 aromatic carbocycles. The molecule has 0 fully saturated rings. The second-order valence-corrected chi connectivity index (χ2v) is 5.87. The van der Waals surface area contributed by atoms with Crippen LogP contribution in [-0.4, -0.2) is 43.1 Å². The summed E-state index contributed by atoms with van der Waals surface area (Å²) in [6, 6.07) is 8.45. The molecule has 0 spiro atoms. The number of aliphatic imine (C=N–C) groups is 1. The summed E-state index contributed by atoms with van der Waals surface area (Å²) in [6.45, 7) is 1.88. The van der Waals surface area contributed by atoms with E-state index in [1.54, 1.807) is 0 Å². The molecule has 1 aromatic heterocycles. The van der Waals surface area contributed by atoms with Gasteiger partial charge < -0.3 is 15.6 Å². The van der Waals surface area contributed by atoms with Crippen molar-refractivity contribution in [3.63, 3.8) is 0 Å². The first-order chi connectivity index (χ1) is 10.3. The van der Waals surface area contributed by atoms with Gasteiger partial charge in [-0.1, -0.05) is 18.2 Å². The zero-order chi connectivity index (χ0) is 14.9. The molecule has 0 unspecified atom stereocenters. The maximum Gasteiger partial charge on any atom is 0.191 e. The third-order valence-corrected chi connectivity index (χ3v) is 4.02. The number of rotatable bonds is 7. The predicted molar refractivity (Wildman–Crippen MR) is 110 cm³/mol. The summed E-state index contributed by atoms with van der Waals surface area (Å²) < 4.78 is 0. The van der Waals surface area contributed by atoms with Gasteiger partial charge in [-0.05, 0) is 30.7 Å². The maximum absolute atomic E-state index is 4.22. The Morgan fingerprint density at radius 1 is 1.23 bits per heavy atom. The van der Waals surface area contributed by atoms with E-state index in [0.717, 1.165) is 37.6 Å². The molecule has 0 aliphatic rings. The van der Waals surface area contributed by atoms with E-state index in [2.05, 4.69) is 57.3 Å². The Hall–Kier alpha value is -0.890. The molecular formula is C16H25IN4S. The fraction of sp³-hybridized carbons (Fsp3) is 0.438. The zero-order valence-corrected chi connectivity index (χ0v) is 16.3. The van der Waals surface area contributed by atoms with Crippen LogP contribution in [0.5, 0.6) is 0 Å². The average Bonchev–Trinajstić information content (AvgIpc) is 2.93. The van der Waals surface area contributed by atoms with Crippen LogP contribution in [0.3, 0.4) is 0 Å². The van der Waals surface area contributed by atoms with Crippen LogP contribution in [-0.2, 0) is 6.42 Å². The van der Waals surface area contributed by atoms with Crippen molar-refractivity contribution < 1.29 is 0 Å². The van der Waals surface area contributed by atoms with Gasteiger partial charge in [0.05, 0.1) is 0 Å². The molecule has 0 bridgehead atoms. The largest absolute Gasteiger partial charge is 0.361 e. The fourth-order valence-corrected chi connectivity index (χ4v) is 2.62. The molecule has 0 atom stereocenters. The molecule has 3 N–H and O–H groups in total. The Morgan fingerprint density at radius 3 is 2.77 bits per heavy atom. The maximum atomic E-state index is 4.22. The van der Waals surface area contributed by atoms with Gasteiger partial charge in [0.2, 0.25) is 0 Å². The van der Waals surface area contributed by atoms with Crippen molar-refractivity contribution in [2.75, 3.05) is 32.1 Å². The van der Waals surface area contributed by atoms with Crippen LogP contribution in [0.4, 0.5) is 0 Å². The van der Waals surface area contributed by atoms with Gasteiger partial charge in [-0.2, -0.15) is 11.8 Å². The molecule has 122 valence electrons. The number of halogens is 1. The normalized spacial score (nSPS) is 11.3. The van der Waals surface area contributed by atoms with Crippen LogP contribution in [0.15, 0.2) is 35.5 Å². The number of para-hydroxylation sites is 1. The lowest BCUT2D eigenvalue weighted by molar-refractivity contribution is 0.751. The van der Waals surface area contributed by atoms with Gasteiger partial charge in [0, 0.05) is 43.0 Å². The highest BCUT2D eigenvalue weighted by atomic mass is 127. The van der Waals surface area contributed by atoms with Gasteiger partial charge in [0.25, 0.3) is 0 Å². The molecule has 1 heterocycles. The topological polar surface area (TPSA) is 52.2 Å². The van der Waals surface area contributed by atoms with E-state index in [4.69, 9.17) is 0 Å². The SMILES string of the molecule is CN=C(NCCCc1c[nH]c2ccccc12)NCCSC.I. The van der Waals surface area contributed by atoms with Crippen molar-refractivity contribution in [3.05, 3.63) is 36.0 Å². The minimum atomic E-state index is 0. The van der Waals surface area contributed by atoms with E-state index in [0.29, 0.717) is 0 Å². The summed E-state index contributed by atoms with van der Waals surface area (Å²) in [7, 11) is 1.81.